The van der Waals surface area contributed by atoms with E-state index in [4.69, 9.17) is 0 Å². The predicted molar refractivity (Wildman–Crippen MR) is 102 cm³/mol. The summed E-state index contributed by atoms with van der Waals surface area (Å²) in [6.07, 6.45) is 2.77. The molecule has 1 heterocycles. The maximum Gasteiger partial charge on any atom is 0.258 e. The van der Waals surface area contributed by atoms with Gasteiger partial charge in [0.2, 0.25) is 0 Å². The molecule has 136 valence electrons. The average molecular weight is 335 g/mol. The van der Waals surface area contributed by atoms with E-state index in [1.807, 2.05) is 44.7 Å². The van der Waals surface area contributed by atoms with Crippen molar-refractivity contribution in [1.29, 1.82) is 0 Å². The van der Waals surface area contributed by atoms with Gasteiger partial charge in [0.15, 0.2) is 0 Å². The molecule has 0 aliphatic carbocycles. The summed E-state index contributed by atoms with van der Waals surface area (Å²) in [5.41, 5.74) is 0.655. The Morgan fingerprint density at radius 1 is 1.17 bits per heavy atom. The highest BCUT2D eigenvalue weighted by Crippen LogP contribution is 2.18. The van der Waals surface area contributed by atoms with Crippen molar-refractivity contribution in [2.75, 3.05) is 31.5 Å². The molecule has 0 aromatic carbocycles. The van der Waals surface area contributed by atoms with Crippen molar-refractivity contribution < 1.29 is 4.79 Å². The molecule has 0 fully saturated rings. The number of aromatic nitrogens is 1. The van der Waals surface area contributed by atoms with Crippen LogP contribution in [0, 0.1) is 0 Å². The zero-order chi connectivity index (χ0) is 18.1. The van der Waals surface area contributed by atoms with E-state index in [0.717, 1.165) is 32.6 Å². The third-order valence-electron chi connectivity index (χ3n) is 4.22. The first-order valence-electron chi connectivity index (χ1n) is 9.16. The summed E-state index contributed by atoms with van der Waals surface area (Å²) >= 11 is 0. The number of carbonyl (C=O) groups excluding carboxylic acids is 1. The highest BCUT2D eigenvalue weighted by Gasteiger charge is 2.24. The molecule has 24 heavy (non-hydrogen) atoms. The topological polar surface area (TPSA) is 48.5 Å². The van der Waals surface area contributed by atoms with Crippen LogP contribution in [0.25, 0.3) is 0 Å². The summed E-state index contributed by atoms with van der Waals surface area (Å²) in [5, 5.41) is 3.35. The lowest BCUT2D eigenvalue weighted by Crippen LogP contribution is -2.42. The number of hydrogen-bond donors (Lipinski definition) is 1. The number of carbonyl (C=O) groups is 1. The van der Waals surface area contributed by atoms with Crippen LogP contribution < -0.4 is 5.32 Å². The van der Waals surface area contributed by atoms with Crippen molar-refractivity contribution in [2.45, 2.75) is 60.0 Å². The molecule has 1 aromatic heterocycles. The predicted octanol–water partition coefficient (Wildman–Crippen LogP) is 3.48. The van der Waals surface area contributed by atoms with E-state index in [2.05, 4.69) is 29.0 Å². The number of nitrogens with one attached hydrogen (secondary N) is 1. The Morgan fingerprint density at radius 2 is 1.79 bits per heavy atom. The molecule has 5 nitrogen and oxygen atoms in total. The molecule has 0 saturated carbocycles. The molecule has 0 saturated heterocycles. The maximum atomic E-state index is 12.9. The third-order valence-corrected chi connectivity index (χ3v) is 4.22. The standard InChI is InChI=1S/C19H34N4O/c1-7-22(8-2)14-10-13-21-18-17(11-9-12-20-18)19(24)23(15(3)4)16(5)6/h9,11-12,15-16H,7-8,10,13-14H2,1-6H3,(H,20,21). The highest BCUT2D eigenvalue weighted by atomic mass is 16.2. The molecule has 1 aromatic rings. The van der Waals surface area contributed by atoms with Crippen LogP contribution in [0.15, 0.2) is 18.3 Å². The van der Waals surface area contributed by atoms with Gasteiger partial charge in [-0.1, -0.05) is 13.8 Å². The SMILES string of the molecule is CCN(CC)CCCNc1ncccc1C(=O)N(C(C)C)C(C)C. The Labute approximate surface area is 147 Å². The van der Waals surface area contributed by atoms with Gasteiger partial charge in [-0.3, -0.25) is 4.79 Å². The van der Waals surface area contributed by atoms with Gasteiger partial charge in [0.1, 0.15) is 5.82 Å². The Kier molecular flexibility index (Phi) is 8.76. The summed E-state index contributed by atoms with van der Waals surface area (Å²) in [6.45, 7) is 16.6. The lowest BCUT2D eigenvalue weighted by atomic mass is 10.1. The second kappa shape index (κ2) is 10.3. The monoisotopic (exact) mass is 334 g/mol. The van der Waals surface area contributed by atoms with E-state index in [1.165, 1.54) is 0 Å². The van der Waals surface area contributed by atoms with Crippen LogP contribution in [0.3, 0.4) is 0 Å². The minimum absolute atomic E-state index is 0.0411. The molecule has 0 spiro atoms. The molecule has 0 atom stereocenters. The minimum Gasteiger partial charge on any atom is -0.369 e. The Bertz CT molecular complexity index is 490. The van der Waals surface area contributed by atoms with Crippen molar-refractivity contribution >= 4 is 11.7 Å². The number of amides is 1. The summed E-state index contributed by atoms with van der Waals surface area (Å²) in [5.74, 6) is 0.729. The normalized spacial score (nSPS) is 11.4. The molecule has 0 unspecified atom stereocenters. The van der Waals surface area contributed by atoms with Crippen molar-refractivity contribution in [3.8, 4) is 0 Å². The number of nitrogens with zero attached hydrogens (tertiary/aromatic N) is 3. The van der Waals surface area contributed by atoms with Crippen LogP contribution in [0.2, 0.25) is 0 Å². The molecule has 1 amide bonds. The Balaban J connectivity index is 2.75. The first-order valence-corrected chi connectivity index (χ1v) is 9.16. The number of hydrogen-bond acceptors (Lipinski definition) is 4. The quantitative estimate of drug-likeness (QED) is 0.666. The fraction of sp³-hybridized carbons (Fsp3) is 0.684. The number of rotatable bonds is 10. The van der Waals surface area contributed by atoms with Gasteiger partial charge in [0.25, 0.3) is 5.91 Å². The molecule has 0 aliphatic rings. The van der Waals surface area contributed by atoms with Crippen molar-refractivity contribution in [3.63, 3.8) is 0 Å². The van der Waals surface area contributed by atoms with Crippen LogP contribution in [-0.2, 0) is 0 Å². The summed E-state index contributed by atoms with van der Waals surface area (Å²) in [4.78, 5) is 21.6. The average Bonchev–Trinajstić information content (AvgIpc) is 2.54. The fourth-order valence-corrected chi connectivity index (χ4v) is 2.97. The smallest absolute Gasteiger partial charge is 0.258 e. The zero-order valence-electron chi connectivity index (χ0n) is 16.2. The van der Waals surface area contributed by atoms with Crippen molar-refractivity contribution in [3.05, 3.63) is 23.9 Å². The van der Waals surface area contributed by atoms with E-state index in [0.29, 0.717) is 11.4 Å². The number of anilines is 1. The minimum atomic E-state index is 0.0411. The van der Waals surface area contributed by atoms with Gasteiger partial charge in [-0.15, -0.1) is 0 Å². The summed E-state index contributed by atoms with van der Waals surface area (Å²) < 4.78 is 0. The third kappa shape index (κ3) is 5.78. The molecule has 5 heteroatoms. The van der Waals surface area contributed by atoms with Crippen LogP contribution >= 0.6 is 0 Å². The van der Waals surface area contributed by atoms with Gasteiger partial charge < -0.3 is 15.1 Å². The van der Waals surface area contributed by atoms with E-state index in [-0.39, 0.29) is 18.0 Å². The van der Waals surface area contributed by atoms with Crippen LogP contribution in [0.5, 0.6) is 0 Å². The molecular weight excluding hydrogens is 300 g/mol. The molecule has 1 N–H and O–H groups in total. The highest BCUT2D eigenvalue weighted by molar-refractivity contribution is 5.99. The van der Waals surface area contributed by atoms with Crippen molar-refractivity contribution in [2.24, 2.45) is 0 Å². The summed E-state index contributed by atoms with van der Waals surface area (Å²) in [7, 11) is 0. The molecule has 0 aliphatic heterocycles. The first-order chi connectivity index (χ1) is 11.4. The van der Waals surface area contributed by atoms with Gasteiger partial charge in [-0.05, 0) is 65.9 Å². The van der Waals surface area contributed by atoms with Gasteiger partial charge in [0, 0.05) is 24.8 Å². The van der Waals surface area contributed by atoms with Gasteiger partial charge in [-0.25, -0.2) is 4.98 Å². The van der Waals surface area contributed by atoms with Crippen molar-refractivity contribution in [1.82, 2.24) is 14.8 Å². The Morgan fingerprint density at radius 3 is 2.33 bits per heavy atom. The second-order valence-corrected chi connectivity index (χ2v) is 6.61. The van der Waals surface area contributed by atoms with Crippen LogP contribution in [-0.4, -0.2) is 59.0 Å². The molecule has 1 rings (SSSR count). The Hall–Kier alpha value is -1.62. The lowest BCUT2D eigenvalue weighted by molar-refractivity contribution is 0.0644. The molecule has 0 bridgehead atoms. The molecule has 0 radical (unpaired) electrons. The lowest BCUT2D eigenvalue weighted by Gasteiger charge is -2.31. The number of pyridine rings is 1. The van der Waals surface area contributed by atoms with E-state index >= 15 is 0 Å². The maximum absolute atomic E-state index is 12.9. The summed E-state index contributed by atoms with van der Waals surface area (Å²) in [6, 6.07) is 4.01. The van der Waals surface area contributed by atoms with Crippen LogP contribution in [0.4, 0.5) is 5.82 Å². The largest absolute Gasteiger partial charge is 0.369 e. The second-order valence-electron chi connectivity index (χ2n) is 6.61. The van der Waals surface area contributed by atoms with Gasteiger partial charge >= 0.3 is 0 Å². The first kappa shape index (κ1) is 20.4. The van der Waals surface area contributed by atoms with E-state index in [1.54, 1.807) is 6.20 Å². The zero-order valence-corrected chi connectivity index (χ0v) is 16.2. The van der Waals surface area contributed by atoms with Gasteiger partial charge in [0.05, 0.1) is 5.56 Å². The van der Waals surface area contributed by atoms with E-state index < -0.39 is 0 Å². The fourth-order valence-electron chi connectivity index (χ4n) is 2.97. The molecular formula is C19H34N4O. The van der Waals surface area contributed by atoms with E-state index in [9.17, 15) is 4.79 Å². The van der Waals surface area contributed by atoms with Gasteiger partial charge in [-0.2, -0.15) is 0 Å². The van der Waals surface area contributed by atoms with Crippen LogP contribution in [0.1, 0.15) is 58.3 Å².